The van der Waals surface area contributed by atoms with Crippen molar-refractivity contribution in [3.8, 4) is 0 Å². The lowest BCUT2D eigenvalue weighted by Crippen LogP contribution is -2.29. The topological polar surface area (TPSA) is 81.8 Å². The van der Waals surface area contributed by atoms with Gasteiger partial charge in [0.25, 0.3) is 5.69 Å². The van der Waals surface area contributed by atoms with E-state index in [4.69, 9.17) is 9.47 Å². The minimum Gasteiger partial charge on any atom is -0.394 e. The zero-order chi connectivity index (χ0) is 14.8. The number of aliphatic hydroxyl groups excluding tert-OH is 1. The minimum atomic E-state index is -0.776. The van der Waals surface area contributed by atoms with Crippen molar-refractivity contribution in [2.75, 3.05) is 6.61 Å². The number of para-hydroxylation sites is 1. The third-order valence-corrected chi connectivity index (χ3v) is 3.74. The number of ether oxygens (including phenoxy) is 2. The highest BCUT2D eigenvalue weighted by molar-refractivity contribution is 5.42. The van der Waals surface area contributed by atoms with Crippen LogP contribution in [-0.2, 0) is 9.47 Å². The van der Waals surface area contributed by atoms with Gasteiger partial charge in [-0.3, -0.25) is 10.1 Å². The molecule has 0 aromatic heterocycles. The van der Waals surface area contributed by atoms with Crippen LogP contribution in [0.2, 0.25) is 0 Å². The molecule has 1 aliphatic heterocycles. The Bertz CT molecular complexity index is 486. The van der Waals surface area contributed by atoms with Crippen LogP contribution in [-0.4, -0.2) is 28.5 Å². The SMILES string of the molecule is CCC1(CC)OC(CO)C(c2ccccc2[N+](=O)[O-])O1. The summed E-state index contributed by atoms with van der Waals surface area (Å²) < 4.78 is 11.7. The van der Waals surface area contributed by atoms with Crippen LogP contribution in [0, 0.1) is 10.1 Å². The summed E-state index contributed by atoms with van der Waals surface area (Å²) in [4.78, 5) is 10.7. The van der Waals surface area contributed by atoms with Gasteiger partial charge in [0.05, 0.1) is 17.1 Å². The van der Waals surface area contributed by atoms with E-state index in [9.17, 15) is 15.2 Å². The molecule has 1 aromatic carbocycles. The number of rotatable bonds is 5. The smallest absolute Gasteiger partial charge is 0.275 e. The van der Waals surface area contributed by atoms with Gasteiger partial charge >= 0.3 is 0 Å². The van der Waals surface area contributed by atoms with E-state index in [1.54, 1.807) is 18.2 Å². The summed E-state index contributed by atoms with van der Waals surface area (Å²) in [7, 11) is 0. The highest BCUT2D eigenvalue weighted by Crippen LogP contribution is 2.44. The molecule has 0 radical (unpaired) electrons. The molecule has 0 saturated carbocycles. The van der Waals surface area contributed by atoms with E-state index in [1.165, 1.54) is 6.07 Å². The molecule has 1 N–H and O–H groups in total. The highest BCUT2D eigenvalue weighted by Gasteiger charge is 2.47. The molecule has 2 atom stereocenters. The largest absolute Gasteiger partial charge is 0.394 e. The second-order valence-corrected chi connectivity index (χ2v) is 4.81. The van der Waals surface area contributed by atoms with E-state index in [0.717, 1.165) is 0 Å². The Hall–Kier alpha value is -1.50. The molecule has 20 heavy (non-hydrogen) atoms. The van der Waals surface area contributed by atoms with Gasteiger partial charge in [0, 0.05) is 6.07 Å². The van der Waals surface area contributed by atoms with Crippen LogP contribution >= 0.6 is 0 Å². The average Bonchev–Trinajstić information content (AvgIpc) is 2.87. The predicted molar refractivity (Wildman–Crippen MR) is 72.2 cm³/mol. The molecule has 1 aliphatic rings. The van der Waals surface area contributed by atoms with Gasteiger partial charge < -0.3 is 14.6 Å². The van der Waals surface area contributed by atoms with Crippen molar-refractivity contribution in [1.29, 1.82) is 0 Å². The number of nitrogens with zero attached hydrogens (tertiary/aromatic N) is 1. The Labute approximate surface area is 117 Å². The Morgan fingerprint density at radius 2 is 1.95 bits per heavy atom. The first-order chi connectivity index (χ1) is 9.56. The van der Waals surface area contributed by atoms with Crippen LogP contribution in [0.4, 0.5) is 5.69 Å². The lowest BCUT2D eigenvalue weighted by molar-refractivity contribution is -0.386. The maximum atomic E-state index is 11.1. The molecule has 0 bridgehead atoms. The summed E-state index contributed by atoms with van der Waals surface area (Å²) in [5.74, 6) is -0.776. The van der Waals surface area contributed by atoms with Crippen LogP contribution in [0.3, 0.4) is 0 Å². The van der Waals surface area contributed by atoms with E-state index in [0.29, 0.717) is 18.4 Å². The maximum Gasteiger partial charge on any atom is 0.275 e. The molecule has 110 valence electrons. The lowest BCUT2D eigenvalue weighted by Gasteiger charge is -2.25. The molecular formula is C14H19NO5. The fourth-order valence-electron chi connectivity index (χ4n) is 2.55. The van der Waals surface area contributed by atoms with Crippen molar-refractivity contribution in [2.24, 2.45) is 0 Å². The third-order valence-electron chi connectivity index (χ3n) is 3.74. The maximum absolute atomic E-state index is 11.1. The molecule has 2 unspecified atom stereocenters. The molecule has 0 amide bonds. The summed E-state index contributed by atoms with van der Waals surface area (Å²) in [6, 6.07) is 6.41. The summed E-state index contributed by atoms with van der Waals surface area (Å²) in [6.45, 7) is 3.62. The molecule has 2 rings (SSSR count). The Morgan fingerprint density at radius 1 is 1.30 bits per heavy atom. The first kappa shape index (κ1) is 14.9. The van der Waals surface area contributed by atoms with Crippen LogP contribution in [0.15, 0.2) is 24.3 Å². The van der Waals surface area contributed by atoms with Crippen molar-refractivity contribution in [1.82, 2.24) is 0 Å². The zero-order valence-corrected chi connectivity index (χ0v) is 11.6. The first-order valence-corrected chi connectivity index (χ1v) is 6.76. The number of benzene rings is 1. The van der Waals surface area contributed by atoms with Crippen molar-refractivity contribution < 1.29 is 19.5 Å². The van der Waals surface area contributed by atoms with Gasteiger partial charge in [-0.05, 0) is 18.9 Å². The molecule has 0 spiro atoms. The van der Waals surface area contributed by atoms with Crippen LogP contribution in [0.1, 0.15) is 38.4 Å². The summed E-state index contributed by atoms with van der Waals surface area (Å²) in [5.41, 5.74) is 0.433. The molecule has 6 heteroatoms. The summed E-state index contributed by atoms with van der Waals surface area (Å²) in [6.07, 6.45) is 0.0337. The molecular weight excluding hydrogens is 262 g/mol. The quantitative estimate of drug-likeness (QED) is 0.662. The predicted octanol–water partition coefficient (Wildman–Crippen LogP) is 2.56. The molecule has 6 nitrogen and oxygen atoms in total. The monoisotopic (exact) mass is 281 g/mol. The van der Waals surface area contributed by atoms with Crippen molar-refractivity contribution >= 4 is 5.69 Å². The van der Waals surface area contributed by atoms with Crippen molar-refractivity contribution in [3.63, 3.8) is 0 Å². The second-order valence-electron chi connectivity index (χ2n) is 4.81. The van der Waals surface area contributed by atoms with Crippen LogP contribution in [0.25, 0.3) is 0 Å². The van der Waals surface area contributed by atoms with Gasteiger partial charge in [0.15, 0.2) is 5.79 Å². The molecule has 1 heterocycles. The first-order valence-electron chi connectivity index (χ1n) is 6.76. The van der Waals surface area contributed by atoms with Gasteiger partial charge in [0.1, 0.15) is 12.2 Å². The number of aliphatic hydroxyl groups is 1. The molecule has 1 saturated heterocycles. The van der Waals surface area contributed by atoms with E-state index in [2.05, 4.69) is 0 Å². The lowest BCUT2D eigenvalue weighted by atomic mass is 10.0. The van der Waals surface area contributed by atoms with Crippen molar-refractivity contribution in [3.05, 3.63) is 39.9 Å². The van der Waals surface area contributed by atoms with Gasteiger partial charge in [0.2, 0.25) is 0 Å². The van der Waals surface area contributed by atoms with Crippen LogP contribution in [0.5, 0.6) is 0 Å². The summed E-state index contributed by atoms with van der Waals surface area (Å²) in [5, 5.41) is 20.6. The van der Waals surface area contributed by atoms with Crippen molar-refractivity contribution in [2.45, 2.75) is 44.7 Å². The minimum absolute atomic E-state index is 0.0115. The highest BCUT2D eigenvalue weighted by atomic mass is 16.8. The van der Waals surface area contributed by atoms with E-state index >= 15 is 0 Å². The fourth-order valence-corrected chi connectivity index (χ4v) is 2.55. The third kappa shape index (κ3) is 2.54. The molecule has 1 aromatic rings. The molecule has 0 aliphatic carbocycles. The Morgan fingerprint density at radius 3 is 2.50 bits per heavy atom. The number of hydrogen-bond acceptors (Lipinski definition) is 5. The zero-order valence-electron chi connectivity index (χ0n) is 11.6. The van der Waals surface area contributed by atoms with Gasteiger partial charge in [-0.25, -0.2) is 0 Å². The molecule has 1 fully saturated rings. The van der Waals surface area contributed by atoms with Gasteiger partial charge in [-0.2, -0.15) is 0 Å². The van der Waals surface area contributed by atoms with Gasteiger partial charge in [-0.1, -0.05) is 26.0 Å². The fraction of sp³-hybridized carbons (Fsp3) is 0.571. The summed E-state index contributed by atoms with van der Waals surface area (Å²) >= 11 is 0. The standard InChI is InChI=1S/C14H19NO5/c1-3-14(4-2)19-12(9-16)13(20-14)10-7-5-6-8-11(10)15(17)18/h5-8,12-13,16H,3-4,9H2,1-2H3. The Kier molecular flexibility index (Phi) is 4.37. The average molecular weight is 281 g/mol. The van der Waals surface area contributed by atoms with E-state index in [-0.39, 0.29) is 12.3 Å². The number of hydrogen-bond donors (Lipinski definition) is 1. The van der Waals surface area contributed by atoms with E-state index < -0.39 is 22.9 Å². The van der Waals surface area contributed by atoms with Gasteiger partial charge in [-0.15, -0.1) is 0 Å². The Balaban J connectivity index is 2.39. The second kappa shape index (κ2) is 5.87. The van der Waals surface area contributed by atoms with Crippen LogP contribution < -0.4 is 0 Å². The number of nitro benzene ring substituents is 1. The number of nitro groups is 1. The van der Waals surface area contributed by atoms with E-state index in [1.807, 2.05) is 13.8 Å². The normalized spacial score (nSPS) is 24.8.